The molecule has 0 aliphatic carbocycles. The first-order valence-electron chi connectivity index (χ1n) is 6.52. The highest BCUT2D eigenvalue weighted by atomic mass is 16.2. The van der Waals surface area contributed by atoms with E-state index in [1.54, 1.807) is 6.08 Å². The highest BCUT2D eigenvalue weighted by Crippen LogP contribution is 2.06. The van der Waals surface area contributed by atoms with E-state index in [1.807, 2.05) is 13.8 Å². The third-order valence-electron chi connectivity index (χ3n) is 3.06. The van der Waals surface area contributed by atoms with E-state index in [0.29, 0.717) is 13.0 Å². The lowest BCUT2D eigenvalue weighted by atomic mass is 10.0. The lowest BCUT2D eigenvalue weighted by Gasteiger charge is -2.22. The molecular weight excluding hydrogens is 230 g/mol. The van der Waals surface area contributed by atoms with Crippen molar-refractivity contribution in [2.24, 2.45) is 11.7 Å². The maximum Gasteiger partial charge on any atom is 0.243 e. The van der Waals surface area contributed by atoms with Crippen molar-refractivity contribution in [3.63, 3.8) is 0 Å². The average Bonchev–Trinajstić information content (AvgIpc) is 2.31. The van der Waals surface area contributed by atoms with Crippen molar-refractivity contribution in [3.8, 4) is 0 Å². The fraction of sp³-hybridized carbons (Fsp3) is 0.692. The van der Waals surface area contributed by atoms with Crippen LogP contribution in [0.5, 0.6) is 0 Å². The predicted octanol–water partition coefficient (Wildman–Crippen LogP) is 0.311. The molecule has 0 aromatic rings. The highest BCUT2D eigenvalue weighted by Gasteiger charge is 2.19. The van der Waals surface area contributed by atoms with Crippen molar-refractivity contribution >= 4 is 11.8 Å². The first kappa shape index (κ1) is 14.7. The monoisotopic (exact) mass is 253 g/mol. The van der Waals surface area contributed by atoms with Gasteiger partial charge in [0.05, 0.1) is 6.04 Å². The van der Waals surface area contributed by atoms with Crippen molar-refractivity contribution in [2.45, 2.75) is 45.2 Å². The predicted molar refractivity (Wildman–Crippen MR) is 70.7 cm³/mol. The number of nitrogens with one attached hydrogen (secondary N) is 2. The van der Waals surface area contributed by atoms with Crippen LogP contribution in [-0.4, -0.2) is 30.4 Å². The van der Waals surface area contributed by atoms with Crippen molar-refractivity contribution in [2.75, 3.05) is 6.54 Å². The van der Waals surface area contributed by atoms with Gasteiger partial charge in [0.25, 0.3) is 0 Å². The summed E-state index contributed by atoms with van der Waals surface area (Å²) in [5.74, 6) is -0.0350. The minimum atomic E-state index is -0.463. The Balaban J connectivity index is 2.76. The van der Waals surface area contributed by atoms with E-state index in [1.165, 1.54) is 6.08 Å². The topological polar surface area (TPSA) is 84.2 Å². The summed E-state index contributed by atoms with van der Waals surface area (Å²) in [5.41, 5.74) is 5.82. The van der Waals surface area contributed by atoms with Gasteiger partial charge in [0, 0.05) is 18.7 Å². The van der Waals surface area contributed by atoms with Crippen molar-refractivity contribution in [3.05, 3.63) is 12.2 Å². The molecule has 0 aromatic heterocycles. The van der Waals surface area contributed by atoms with E-state index >= 15 is 0 Å². The first-order chi connectivity index (χ1) is 8.50. The summed E-state index contributed by atoms with van der Waals surface area (Å²) >= 11 is 0. The molecule has 1 aliphatic rings. The van der Waals surface area contributed by atoms with Crippen LogP contribution in [0.15, 0.2) is 12.2 Å². The molecule has 102 valence electrons. The zero-order valence-electron chi connectivity index (χ0n) is 11.1. The summed E-state index contributed by atoms with van der Waals surface area (Å²) in [7, 11) is 0. The minimum Gasteiger partial charge on any atom is -0.353 e. The summed E-state index contributed by atoms with van der Waals surface area (Å²) < 4.78 is 0. The molecule has 0 saturated heterocycles. The van der Waals surface area contributed by atoms with Gasteiger partial charge in [-0.2, -0.15) is 0 Å². The van der Waals surface area contributed by atoms with E-state index in [0.717, 1.165) is 12.8 Å². The quantitative estimate of drug-likeness (QED) is 0.629. The van der Waals surface area contributed by atoms with Gasteiger partial charge in [0.1, 0.15) is 0 Å². The van der Waals surface area contributed by atoms with Gasteiger partial charge in [0.15, 0.2) is 0 Å². The largest absolute Gasteiger partial charge is 0.353 e. The van der Waals surface area contributed by atoms with Gasteiger partial charge in [-0.15, -0.1) is 0 Å². The molecule has 0 spiro atoms. The van der Waals surface area contributed by atoms with Gasteiger partial charge in [-0.25, -0.2) is 0 Å². The third-order valence-corrected chi connectivity index (χ3v) is 3.06. The Morgan fingerprint density at radius 1 is 1.33 bits per heavy atom. The normalized spacial score (nSPS) is 27.1. The summed E-state index contributed by atoms with van der Waals surface area (Å²) in [5, 5.41) is 5.68. The van der Waals surface area contributed by atoms with Gasteiger partial charge in [-0.1, -0.05) is 19.9 Å². The molecule has 5 heteroatoms. The zero-order valence-corrected chi connectivity index (χ0v) is 11.1. The highest BCUT2D eigenvalue weighted by molar-refractivity contribution is 5.88. The van der Waals surface area contributed by atoms with Crippen LogP contribution in [0, 0.1) is 5.92 Å². The molecule has 0 radical (unpaired) electrons. The van der Waals surface area contributed by atoms with Crippen molar-refractivity contribution < 1.29 is 9.59 Å². The van der Waals surface area contributed by atoms with E-state index in [2.05, 4.69) is 10.6 Å². The standard InChI is InChI=1S/C13H23N3O2/c1-9(2)11-6-7-12(17)15-8-4-3-5-10(14)13(18)16-11/h6-7,9-11H,3-5,8,14H2,1-2H3,(H,15,17)(H,16,18). The van der Waals surface area contributed by atoms with Crippen molar-refractivity contribution in [1.29, 1.82) is 0 Å². The van der Waals surface area contributed by atoms with E-state index in [-0.39, 0.29) is 23.8 Å². The SMILES string of the molecule is CC(C)C1C=CC(=O)NCCCCC(N)C(=O)N1. The second-order valence-corrected chi connectivity index (χ2v) is 5.03. The molecule has 2 atom stereocenters. The minimum absolute atomic E-state index is 0.111. The van der Waals surface area contributed by atoms with Gasteiger partial charge < -0.3 is 16.4 Å². The Kier molecular flexibility index (Phi) is 5.85. The number of hydrogen-bond acceptors (Lipinski definition) is 3. The van der Waals surface area contributed by atoms with Crippen LogP contribution in [0.2, 0.25) is 0 Å². The Hall–Kier alpha value is -1.36. The van der Waals surface area contributed by atoms with E-state index in [9.17, 15) is 9.59 Å². The third kappa shape index (κ3) is 4.87. The Bertz CT molecular complexity index is 326. The lowest BCUT2D eigenvalue weighted by Crippen LogP contribution is -2.46. The zero-order chi connectivity index (χ0) is 13.5. The summed E-state index contributed by atoms with van der Waals surface area (Å²) in [6.45, 7) is 4.61. The Morgan fingerprint density at radius 2 is 2.06 bits per heavy atom. The number of carbonyl (C=O) groups excluding carboxylic acids is 2. The van der Waals surface area contributed by atoms with Crippen LogP contribution < -0.4 is 16.4 Å². The van der Waals surface area contributed by atoms with Gasteiger partial charge >= 0.3 is 0 Å². The van der Waals surface area contributed by atoms with Crippen LogP contribution in [0.4, 0.5) is 0 Å². The molecular formula is C13H23N3O2. The van der Waals surface area contributed by atoms with Crippen molar-refractivity contribution in [1.82, 2.24) is 10.6 Å². The summed E-state index contributed by atoms with van der Waals surface area (Å²) in [6, 6.07) is -0.622. The van der Waals surface area contributed by atoms with Crippen LogP contribution in [0.25, 0.3) is 0 Å². The molecule has 0 bridgehead atoms. The summed E-state index contributed by atoms with van der Waals surface area (Å²) in [6.07, 6.45) is 5.54. The fourth-order valence-electron chi connectivity index (χ4n) is 1.79. The molecule has 1 heterocycles. The van der Waals surface area contributed by atoms with Gasteiger partial charge in [-0.3, -0.25) is 9.59 Å². The van der Waals surface area contributed by atoms with E-state index in [4.69, 9.17) is 5.73 Å². The molecule has 0 saturated carbocycles. The molecule has 1 rings (SSSR count). The molecule has 2 unspecified atom stereocenters. The summed E-state index contributed by atoms with van der Waals surface area (Å²) in [4.78, 5) is 23.3. The molecule has 2 amide bonds. The van der Waals surface area contributed by atoms with Crippen LogP contribution >= 0.6 is 0 Å². The number of rotatable bonds is 1. The first-order valence-corrected chi connectivity index (χ1v) is 6.52. The van der Waals surface area contributed by atoms with Crippen LogP contribution in [0.3, 0.4) is 0 Å². The van der Waals surface area contributed by atoms with Crippen LogP contribution in [0.1, 0.15) is 33.1 Å². The molecule has 0 aromatic carbocycles. The molecule has 5 nitrogen and oxygen atoms in total. The maximum atomic E-state index is 11.9. The number of amides is 2. The second kappa shape index (κ2) is 7.16. The smallest absolute Gasteiger partial charge is 0.243 e. The van der Waals surface area contributed by atoms with E-state index < -0.39 is 6.04 Å². The number of nitrogens with two attached hydrogens (primary N) is 1. The Labute approximate surface area is 108 Å². The Morgan fingerprint density at radius 3 is 2.72 bits per heavy atom. The molecule has 4 N–H and O–H groups in total. The number of hydrogen-bond donors (Lipinski definition) is 3. The van der Waals surface area contributed by atoms with Gasteiger partial charge in [-0.05, 0) is 25.2 Å². The lowest BCUT2D eigenvalue weighted by molar-refractivity contribution is -0.123. The molecule has 18 heavy (non-hydrogen) atoms. The molecule has 0 fully saturated rings. The maximum absolute atomic E-state index is 11.9. The average molecular weight is 253 g/mol. The second-order valence-electron chi connectivity index (χ2n) is 5.03. The van der Waals surface area contributed by atoms with Gasteiger partial charge in [0.2, 0.25) is 11.8 Å². The number of carbonyl (C=O) groups is 2. The fourth-order valence-corrected chi connectivity index (χ4v) is 1.79. The van der Waals surface area contributed by atoms with Crippen LogP contribution in [-0.2, 0) is 9.59 Å². The molecule has 1 aliphatic heterocycles.